The van der Waals surface area contributed by atoms with Crippen molar-refractivity contribution in [2.45, 2.75) is 51.5 Å². The monoisotopic (exact) mass is 348 g/mol. The van der Waals surface area contributed by atoms with Crippen LogP contribution in [0.25, 0.3) is 15.2 Å². The first-order chi connectivity index (χ1) is 11.2. The Labute approximate surface area is 142 Å². The SMILES string of the molecule is O=CC1=C(Cl)c2sc3nc4n(c(=O)c3c2CC1)CCCCCC4. The lowest BCUT2D eigenvalue weighted by molar-refractivity contribution is -0.105. The molecule has 120 valence electrons. The molecule has 6 heteroatoms. The highest BCUT2D eigenvalue weighted by Crippen LogP contribution is 2.41. The minimum absolute atomic E-state index is 0.0726. The first-order valence-corrected chi connectivity index (χ1v) is 9.29. The van der Waals surface area contributed by atoms with E-state index in [9.17, 15) is 9.59 Å². The Morgan fingerprint density at radius 3 is 2.78 bits per heavy atom. The molecule has 2 aliphatic rings. The Morgan fingerprint density at radius 2 is 1.96 bits per heavy atom. The van der Waals surface area contributed by atoms with E-state index in [1.54, 1.807) is 0 Å². The number of carbonyl (C=O) groups is 1. The van der Waals surface area contributed by atoms with Crippen LogP contribution in [0.1, 0.15) is 48.4 Å². The Kier molecular flexibility index (Phi) is 3.85. The Morgan fingerprint density at radius 1 is 1.13 bits per heavy atom. The topological polar surface area (TPSA) is 52.0 Å². The molecule has 0 unspecified atom stereocenters. The number of aldehydes is 1. The van der Waals surface area contributed by atoms with Gasteiger partial charge in [0.2, 0.25) is 0 Å². The Hall–Kier alpha value is -1.46. The van der Waals surface area contributed by atoms with Gasteiger partial charge < -0.3 is 0 Å². The fourth-order valence-corrected chi connectivity index (χ4v) is 5.12. The summed E-state index contributed by atoms with van der Waals surface area (Å²) in [6.07, 6.45) is 7.46. The van der Waals surface area contributed by atoms with Gasteiger partial charge in [-0.25, -0.2) is 4.98 Å². The maximum atomic E-state index is 13.0. The molecule has 2 aromatic heterocycles. The standard InChI is InChI=1S/C17H17ClN2O2S/c18-14-10(9-21)6-7-11-13-16(23-15(11)14)19-12-5-3-1-2-4-8-20(12)17(13)22/h9H,1-8H2. The van der Waals surface area contributed by atoms with Crippen molar-refractivity contribution in [2.24, 2.45) is 0 Å². The van der Waals surface area contributed by atoms with Crippen LogP contribution in [0.15, 0.2) is 10.4 Å². The normalized spacial score (nSPS) is 18.3. The number of hydrogen-bond acceptors (Lipinski definition) is 4. The average molecular weight is 349 g/mol. The molecular weight excluding hydrogens is 332 g/mol. The second-order valence-electron chi connectivity index (χ2n) is 6.20. The first-order valence-electron chi connectivity index (χ1n) is 8.10. The predicted octanol–water partition coefficient (Wildman–Crippen LogP) is 3.67. The van der Waals surface area contributed by atoms with E-state index in [1.165, 1.54) is 24.2 Å². The van der Waals surface area contributed by atoms with E-state index < -0.39 is 0 Å². The smallest absolute Gasteiger partial charge is 0.262 e. The highest BCUT2D eigenvalue weighted by Gasteiger charge is 2.26. The minimum atomic E-state index is 0.0726. The average Bonchev–Trinajstić information content (AvgIpc) is 2.89. The molecule has 3 heterocycles. The summed E-state index contributed by atoms with van der Waals surface area (Å²) in [7, 11) is 0. The van der Waals surface area contributed by atoms with Gasteiger partial charge in [0, 0.05) is 18.5 Å². The number of aromatic nitrogens is 2. The van der Waals surface area contributed by atoms with Gasteiger partial charge in [-0.3, -0.25) is 14.2 Å². The molecule has 0 saturated carbocycles. The van der Waals surface area contributed by atoms with Crippen molar-refractivity contribution in [1.29, 1.82) is 0 Å². The number of rotatable bonds is 1. The molecule has 0 bridgehead atoms. The third-order valence-electron chi connectivity index (χ3n) is 4.79. The largest absolute Gasteiger partial charge is 0.298 e. The number of aryl methyl sites for hydroxylation is 2. The van der Waals surface area contributed by atoms with Crippen molar-refractivity contribution in [3.63, 3.8) is 0 Å². The summed E-state index contributed by atoms with van der Waals surface area (Å²) >= 11 is 7.82. The summed E-state index contributed by atoms with van der Waals surface area (Å²) in [6, 6.07) is 0. The molecule has 4 rings (SSSR count). The molecule has 1 aliphatic carbocycles. The van der Waals surface area contributed by atoms with Gasteiger partial charge in [0.1, 0.15) is 16.9 Å². The lowest BCUT2D eigenvalue weighted by Crippen LogP contribution is -2.26. The summed E-state index contributed by atoms with van der Waals surface area (Å²) in [5.41, 5.74) is 1.68. The second kappa shape index (κ2) is 5.87. The summed E-state index contributed by atoms with van der Waals surface area (Å²) < 4.78 is 1.86. The number of hydrogen-bond donors (Lipinski definition) is 0. The first kappa shape index (κ1) is 15.1. The van der Waals surface area contributed by atoms with Gasteiger partial charge in [-0.1, -0.05) is 24.4 Å². The van der Waals surface area contributed by atoms with Crippen LogP contribution in [0.3, 0.4) is 0 Å². The van der Waals surface area contributed by atoms with Crippen LogP contribution in [0.2, 0.25) is 0 Å². The van der Waals surface area contributed by atoms with E-state index in [1.807, 2.05) is 4.57 Å². The van der Waals surface area contributed by atoms with E-state index in [0.717, 1.165) is 58.6 Å². The van der Waals surface area contributed by atoms with Gasteiger partial charge in [0.25, 0.3) is 5.56 Å². The summed E-state index contributed by atoms with van der Waals surface area (Å²) in [5, 5.41) is 1.22. The zero-order chi connectivity index (χ0) is 16.0. The van der Waals surface area contributed by atoms with Crippen LogP contribution in [-0.4, -0.2) is 15.8 Å². The van der Waals surface area contributed by atoms with Crippen LogP contribution in [0.5, 0.6) is 0 Å². The molecule has 0 amide bonds. The zero-order valence-electron chi connectivity index (χ0n) is 12.7. The van der Waals surface area contributed by atoms with E-state index in [4.69, 9.17) is 16.6 Å². The van der Waals surface area contributed by atoms with Gasteiger partial charge in [0.15, 0.2) is 0 Å². The Bertz CT molecular complexity index is 894. The minimum Gasteiger partial charge on any atom is -0.298 e. The van der Waals surface area contributed by atoms with Crippen LogP contribution in [0.4, 0.5) is 0 Å². The van der Waals surface area contributed by atoms with Gasteiger partial charge in [-0.15, -0.1) is 11.3 Å². The van der Waals surface area contributed by atoms with Crippen molar-refractivity contribution in [1.82, 2.24) is 9.55 Å². The number of nitrogens with zero attached hydrogens (tertiary/aromatic N) is 2. The van der Waals surface area contributed by atoms with Crippen molar-refractivity contribution >= 4 is 44.5 Å². The third-order valence-corrected chi connectivity index (χ3v) is 6.48. The maximum absolute atomic E-state index is 13.0. The van der Waals surface area contributed by atoms with Crippen LogP contribution < -0.4 is 5.56 Å². The molecule has 0 spiro atoms. The molecule has 0 N–H and O–H groups in total. The quantitative estimate of drug-likeness (QED) is 0.739. The van der Waals surface area contributed by atoms with Gasteiger partial charge >= 0.3 is 0 Å². The van der Waals surface area contributed by atoms with Gasteiger partial charge in [-0.05, 0) is 31.2 Å². The molecule has 0 aromatic carbocycles. The second-order valence-corrected chi connectivity index (χ2v) is 7.57. The lowest BCUT2D eigenvalue weighted by Gasteiger charge is -2.16. The van der Waals surface area contributed by atoms with Crippen LogP contribution in [0, 0.1) is 0 Å². The summed E-state index contributed by atoms with van der Waals surface area (Å²) in [6.45, 7) is 0.755. The maximum Gasteiger partial charge on any atom is 0.262 e. The van der Waals surface area contributed by atoms with Gasteiger partial charge in [0.05, 0.1) is 15.3 Å². The van der Waals surface area contributed by atoms with Crippen LogP contribution >= 0.6 is 22.9 Å². The molecule has 0 atom stereocenters. The molecule has 2 aromatic rings. The molecule has 4 nitrogen and oxygen atoms in total. The number of fused-ring (bicyclic) bond motifs is 4. The highest BCUT2D eigenvalue weighted by atomic mass is 35.5. The fraction of sp³-hybridized carbons (Fsp3) is 0.471. The number of halogens is 1. The molecule has 23 heavy (non-hydrogen) atoms. The summed E-state index contributed by atoms with van der Waals surface area (Å²) in [5.74, 6) is 0.900. The van der Waals surface area contributed by atoms with Crippen molar-refractivity contribution in [3.8, 4) is 0 Å². The van der Waals surface area contributed by atoms with E-state index in [2.05, 4.69) is 0 Å². The third kappa shape index (κ3) is 2.37. The number of allylic oxidation sites excluding steroid dienone is 1. The van der Waals surface area contributed by atoms with Crippen molar-refractivity contribution in [3.05, 3.63) is 32.2 Å². The van der Waals surface area contributed by atoms with E-state index in [-0.39, 0.29) is 5.56 Å². The summed E-state index contributed by atoms with van der Waals surface area (Å²) in [4.78, 5) is 30.6. The fourth-order valence-electron chi connectivity index (χ4n) is 3.55. The lowest BCUT2D eigenvalue weighted by atomic mass is 9.97. The van der Waals surface area contributed by atoms with Crippen LogP contribution in [-0.2, 0) is 24.2 Å². The van der Waals surface area contributed by atoms with Gasteiger partial charge in [-0.2, -0.15) is 0 Å². The number of carbonyl (C=O) groups excluding carboxylic acids is 1. The molecule has 0 radical (unpaired) electrons. The molecular formula is C17H17ClN2O2S. The van der Waals surface area contributed by atoms with E-state index in [0.29, 0.717) is 23.4 Å². The zero-order valence-corrected chi connectivity index (χ0v) is 14.3. The molecule has 0 fully saturated rings. The van der Waals surface area contributed by atoms with Crippen molar-refractivity contribution in [2.75, 3.05) is 0 Å². The molecule has 0 saturated heterocycles. The van der Waals surface area contributed by atoms with E-state index >= 15 is 0 Å². The Balaban J connectivity index is 1.99. The molecule has 1 aliphatic heterocycles. The number of thiophene rings is 1. The van der Waals surface area contributed by atoms with Crippen molar-refractivity contribution < 1.29 is 4.79 Å². The predicted molar refractivity (Wildman–Crippen MR) is 93.2 cm³/mol. The highest BCUT2D eigenvalue weighted by molar-refractivity contribution is 7.20.